The van der Waals surface area contributed by atoms with Gasteiger partial charge in [0.25, 0.3) is 0 Å². The second-order valence-corrected chi connectivity index (χ2v) is 3.78. The van der Waals surface area contributed by atoms with Gasteiger partial charge in [-0.25, -0.2) is 4.79 Å². The lowest BCUT2D eigenvalue weighted by molar-refractivity contribution is -0.137. The van der Waals surface area contributed by atoms with Gasteiger partial charge in [0, 0.05) is 26.0 Å². The molecule has 0 heterocycles. The molecule has 0 bridgehead atoms. The SMILES string of the molecule is CC(N=Cc1ccc(N(C)C)cc1)C(=O)O. The predicted octanol–water partition coefficient (Wildman–Crippen LogP) is 1.64. The first-order valence-electron chi connectivity index (χ1n) is 5.04. The molecule has 0 saturated heterocycles. The molecule has 0 aliphatic heterocycles. The maximum absolute atomic E-state index is 10.5. The molecule has 1 N–H and O–H groups in total. The summed E-state index contributed by atoms with van der Waals surface area (Å²) in [7, 11) is 3.94. The van der Waals surface area contributed by atoms with E-state index in [1.54, 1.807) is 13.1 Å². The highest BCUT2D eigenvalue weighted by molar-refractivity contribution is 5.83. The number of nitrogens with zero attached hydrogens (tertiary/aromatic N) is 2. The van der Waals surface area contributed by atoms with E-state index in [0.717, 1.165) is 11.3 Å². The third-order valence-corrected chi connectivity index (χ3v) is 2.21. The Bertz CT molecular complexity index is 383. The van der Waals surface area contributed by atoms with Crippen molar-refractivity contribution in [3.63, 3.8) is 0 Å². The lowest BCUT2D eigenvalue weighted by Crippen LogP contribution is -2.13. The fourth-order valence-corrected chi connectivity index (χ4v) is 1.12. The van der Waals surface area contributed by atoms with Crippen LogP contribution in [0.4, 0.5) is 5.69 Å². The number of carboxylic acid groups (broad SMARTS) is 1. The summed E-state index contributed by atoms with van der Waals surface area (Å²) in [6.07, 6.45) is 1.58. The van der Waals surface area contributed by atoms with Gasteiger partial charge in [0.2, 0.25) is 0 Å². The van der Waals surface area contributed by atoms with Crippen molar-refractivity contribution in [3.8, 4) is 0 Å². The molecule has 0 spiro atoms. The van der Waals surface area contributed by atoms with Crippen LogP contribution in [0.25, 0.3) is 0 Å². The summed E-state index contributed by atoms with van der Waals surface area (Å²) in [4.78, 5) is 16.5. The highest BCUT2D eigenvalue weighted by Gasteiger charge is 2.06. The zero-order valence-corrected chi connectivity index (χ0v) is 9.71. The van der Waals surface area contributed by atoms with Gasteiger partial charge in [-0.15, -0.1) is 0 Å². The van der Waals surface area contributed by atoms with E-state index in [1.807, 2.05) is 43.3 Å². The Labute approximate surface area is 95.2 Å². The molecule has 0 aliphatic rings. The van der Waals surface area contributed by atoms with Crippen molar-refractivity contribution >= 4 is 17.9 Å². The first kappa shape index (κ1) is 12.2. The molecule has 4 heteroatoms. The number of carbonyl (C=O) groups is 1. The fraction of sp³-hybridized carbons (Fsp3) is 0.333. The number of benzene rings is 1. The first-order valence-corrected chi connectivity index (χ1v) is 5.04. The zero-order valence-electron chi connectivity index (χ0n) is 9.71. The van der Waals surface area contributed by atoms with Crippen LogP contribution in [-0.2, 0) is 4.79 Å². The minimum atomic E-state index is -0.916. The van der Waals surface area contributed by atoms with Crippen LogP contribution in [0.3, 0.4) is 0 Å². The van der Waals surface area contributed by atoms with E-state index in [2.05, 4.69) is 4.99 Å². The van der Waals surface area contributed by atoms with Gasteiger partial charge in [-0.2, -0.15) is 0 Å². The average Bonchev–Trinajstić information content (AvgIpc) is 2.26. The van der Waals surface area contributed by atoms with Gasteiger partial charge in [-0.1, -0.05) is 12.1 Å². The summed E-state index contributed by atoms with van der Waals surface area (Å²) >= 11 is 0. The predicted molar refractivity (Wildman–Crippen MR) is 65.5 cm³/mol. The molecule has 0 aliphatic carbocycles. The number of anilines is 1. The summed E-state index contributed by atoms with van der Waals surface area (Å²) in [5, 5.41) is 8.66. The van der Waals surface area contributed by atoms with Gasteiger partial charge in [0.05, 0.1) is 0 Å². The standard InChI is InChI=1S/C12H16N2O2/c1-9(12(15)16)13-8-10-4-6-11(7-5-10)14(2)3/h4-9H,1-3H3,(H,15,16). The van der Waals surface area contributed by atoms with E-state index >= 15 is 0 Å². The van der Waals surface area contributed by atoms with E-state index in [0.29, 0.717) is 0 Å². The first-order chi connectivity index (χ1) is 7.50. The lowest BCUT2D eigenvalue weighted by Gasteiger charge is -2.11. The molecule has 1 aromatic rings. The van der Waals surface area contributed by atoms with Crippen LogP contribution < -0.4 is 4.90 Å². The van der Waals surface area contributed by atoms with E-state index in [4.69, 9.17) is 5.11 Å². The van der Waals surface area contributed by atoms with Crippen molar-refractivity contribution in [2.24, 2.45) is 4.99 Å². The summed E-state index contributed by atoms with van der Waals surface area (Å²) in [5.41, 5.74) is 2.00. The average molecular weight is 220 g/mol. The van der Waals surface area contributed by atoms with Crippen molar-refractivity contribution in [2.45, 2.75) is 13.0 Å². The molecular weight excluding hydrogens is 204 g/mol. The van der Waals surface area contributed by atoms with Crippen LogP contribution in [0, 0.1) is 0 Å². The van der Waals surface area contributed by atoms with Crippen molar-refractivity contribution in [3.05, 3.63) is 29.8 Å². The molecule has 16 heavy (non-hydrogen) atoms. The Hall–Kier alpha value is -1.84. The largest absolute Gasteiger partial charge is 0.480 e. The molecule has 1 aromatic carbocycles. The van der Waals surface area contributed by atoms with Crippen molar-refractivity contribution in [1.29, 1.82) is 0 Å². The zero-order chi connectivity index (χ0) is 12.1. The summed E-state index contributed by atoms with van der Waals surface area (Å²) in [6.45, 7) is 1.55. The second-order valence-electron chi connectivity index (χ2n) is 3.78. The topological polar surface area (TPSA) is 52.9 Å². The van der Waals surface area contributed by atoms with Gasteiger partial charge < -0.3 is 10.0 Å². The van der Waals surface area contributed by atoms with Crippen LogP contribution in [0.15, 0.2) is 29.3 Å². The summed E-state index contributed by atoms with van der Waals surface area (Å²) in [6, 6.07) is 7.05. The number of hydrogen-bond donors (Lipinski definition) is 1. The van der Waals surface area contributed by atoms with Crippen molar-refractivity contribution in [1.82, 2.24) is 0 Å². The monoisotopic (exact) mass is 220 g/mol. The maximum Gasteiger partial charge on any atom is 0.328 e. The number of carboxylic acids is 1. The Kier molecular flexibility index (Phi) is 4.05. The van der Waals surface area contributed by atoms with Gasteiger partial charge in [0.1, 0.15) is 6.04 Å². The number of aliphatic imine (C=N–C) groups is 1. The molecule has 0 amide bonds. The Morgan fingerprint density at radius 3 is 2.38 bits per heavy atom. The molecule has 4 nitrogen and oxygen atoms in total. The van der Waals surface area contributed by atoms with E-state index < -0.39 is 12.0 Å². The van der Waals surface area contributed by atoms with Gasteiger partial charge in [-0.3, -0.25) is 4.99 Å². The van der Waals surface area contributed by atoms with Crippen LogP contribution >= 0.6 is 0 Å². The minimum absolute atomic E-state index is 0.700. The number of rotatable bonds is 4. The van der Waals surface area contributed by atoms with E-state index in [1.165, 1.54) is 0 Å². The second kappa shape index (κ2) is 5.30. The molecule has 1 rings (SSSR count). The highest BCUT2D eigenvalue weighted by atomic mass is 16.4. The van der Waals surface area contributed by atoms with Gasteiger partial charge in [-0.05, 0) is 24.6 Å². The highest BCUT2D eigenvalue weighted by Crippen LogP contribution is 2.11. The molecule has 0 fully saturated rings. The number of aliphatic carboxylic acids is 1. The van der Waals surface area contributed by atoms with Crippen LogP contribution in [-0.4, -0.2) is 37.4 Å². The Morgan fingerprint density at radius 1 is 1.38 bits per heavy atom. The smallest absolute Gasteiger partial charge is 0.328 e. The summed E-state index contributed by atoms with van der Waals surface area (Å²) in [5.74, 6) is -0.916. The third-order valence-electron chi connectivity index (χ3n) is 2.21. The molecule has 1 atom stereocenters. The molecule has 1 unspecified atom stereocenters. The van der Waals surface area contributed by atoms with E-state index in [9.17, 15) is 4.79 Å². The Morgan fingerprint density at radius 2 is 1.94 bits per heavy atom. The third kappa shape index (κ3) is 3.38. The molecular formula is C12H16N2O2. The van der Waals surface area contributed by atoms with Crippen LogP contribution in [0.2, 0.25) is 0 Å². The molecule has 0 saturated carbocycles. The fourth-order valence-electron chi connectivity index (χ4n) is 1.12. The Balaban J connectivity index is 2.72. The van der Waals surface area contributed by atoms with Crippen LogP contribution in [0.1, 0.15) is 12.5 Å². The number of hydrogen-bond acceptors (Lipinski definition) is 3. The van der Waals surface area contributed by atoms with Gasteiger partial charge >= 0.3 is 5.97 Å². The maximum atomic E-state index is 10.5. The molecule has 0 aromatic heterocycles. The lowest BCUT2D eigenvalue weighted by atomic mass is 10.2. The molecule has 86 valence electrons. The summed E-state index contributed by atoms with van der Waals surface area (Å²) < 4.78 is 0. The normalized spacial score (nSPS) is 12.7. The quantitative estimate of drug-likeness (QED) is 0.785. The van der Waals surface area contributed by atoms with E-state index in [-0.39, 0.29) is 0 Å². The van der Waals surface area contributed by atoms with Gasteiger partial charge in [0.15, 0.2) is 0 Å². The minimum Gasteiger partial charge on any atom is -0.480 e. The molecule has 0 radical (unpaired) electrons. The van der Waals surface area contributed by atoms with Crippen LogP contribution in [0.5, 0.6) is 0 Å². The van der Waals surface area contributed by atoms with Crippen molar-refractivity contribution < 1.29 is 9.90 Å². The van der Waals surface area contributed by atoms with Crippen molar-refractivity contribution in [2.75, 3.05) is 19.0 Å².